The van der Waals surface area contributed by atoms with Gasteiger partial charge in [-0.3, -0.25) is 24.5 Å². The average molecular weight is 533 g/mol. The third-order valence-corrected chi connectivity index (χ3v) is 7.52. The number of imide groups is 1. The Morgan fingerprint density at radius 2 is 1.59 bits per heavy atom. The predicted molar refractivity (Wildman–Crippen MR) is 132 cm³/mol. The van der Waals surface area contributed by atoms with E-state index in [1.54, 1.807) is 41.4 Å². The van der Waals surface area contributed by atoms with Crippen LogP contribution in [0, 0.1) is 22.0 Å². The van der Waals surface area contributed by atoms with Crippen LogP contribution in [0.2, 0.25) is 0 Å². The van der Waals surface area contributed by atoms with Crippen LogP contribution in [0.3, 0.4) is 0 Å². The Morgan fingerprint density at radius 3 is 2.33 bits per heavy atom. The number of benzene rings is 3. The van der Waals surface area contributed by atoms with Gasteiger partial charge in [0, 0.05) is 23.9 Å². The van der Waals surface area contributed by atoms with E-state index in [2.05, 4.69) is 0 Å². The highest BCUT2D eigenvalue weighted by atomic mass is 19.4. The van der Waals surface area contributed by atoms with Crippen molar-refractivity contribution in [2.75, 3.05) is 4.90 Å². The lowest BCUT2D eigenvalue weighted by atomic mass is 9.83. The van der Waals surface area contributed by atoms with Crippen LogP contribution in [0.25, 0.3) is 6.08 Å². The second-order valence-corrected chi connectivity index (χ2v) is 9.53. The van der Waals surface area contributed by atoms with Crippen LogP contribution in [0.1, 0.15) is 33.1 Å². The number of fused-ring (bicyclic) bond motifs is 5. The molecule has 3 aliphatic heterocycles. The average Bonchev–Trinajstić information content (AvgIpc) is 3.40. The molecule has 0 bridgehead atoms. The van der Waals surface area contributed by atoms with Crippen LogP contribution in [0.15, 0.2) is 79.0 Å². The first-order valence-electron chi connectivity index (χ1n) is 12.0. The van der Waals surface area contributed by atoms with Crippen LogP contribution >= 0.6 is 0 Å². The highest BCUT2D eigenvalue weighted by molar-refractivity contribution is 6.25. The second kappa shape index (κ2) is 8.62. The van der Waals surface area contributed by atoms with Crippen molar-refractivity contribution in [3.8, 4) is 0 Å². The number of alkyl halides is 3. The monoisotopic (exact) mass is 533 g/mol. The molecule has 3 aliphatic rings. The number of halogens is 3. The van der Waals surface area contributed by atoms with E-state index in [1.807, 2.05) is 0 Å². The van der Waals surface area contributed by atoms with Gasteiger partial charge in [0.1, 0.15) is 6.04 Å². The maximum atomic E-state index is 13.9. The molecule has 2 saturated heterocycles. The van der Waals surface area contributed by atoms with Crippen molar-refractivity contribution in [2.24, 2.45) is 11.8 Å². The summed E-state index contributed by atoms with van der Waals surface area (Å²) in [5.74, 6) is -4.88. The van der Waals surface area contributed by atoms with E-state index >= 15 is 0 Å². The Morgan fingerprint density at radius 1 is 0.897 bits per heavy atom. The third-order valence-electron chi connectivity index (χ3n) is 7.52. The van der Waals surface area contributed by atoms with E-state index in [0.717, 1.165) is 29.8 Å². The van der Waals surface area contributed by atoms with Crippen molar-refractivity contribution in [1.29, 1.82) is 0 Å². The number of para-hydroxylation sites is 1. The largest absolute Gasteiger partial charge is 0.418 e. The minimum Gasteiger partial charge on any atom is -0.358 e. The first-order valence-corrected chi connectivity index (χ1v) is 12.0. The molecule has 11 heteroatoms. The number of nitro benzene ring substituents is 1. The molecule has 3 heterocycles. The van der Waals surface area contributed by atoms with Gasteiger partial charge in [-0.2, -0.15) is 13.2 Å². The van der Waals surface area contributed by atoms with Crippen molar-refractivity contribution in [2.45, 2.75) is 18.3 Å². The van der Waals surface area contributed by atoms with E-state index in [-0.39, 0.29) is 11.3 Å². The zero-order valence-corrected chi connectivity index (χ0v) is 19.9. The molecule has 2 fully saturated rings. The summed E-state index contributed by atoms with van der Waals surface area (Å²) in [4.78, 5) is 54.4. The van der Waals surface area contributed by atoms with Crippen molar-refractivity contribution in [3.05, 3.63) is 111 Å². The highest BCUT2D eigenvalue weighted by Crippen LogP contribution is 2.54. The fraction of sp³-hybridized carbons (Fsp3) is 0.179. The molecule has 3 aromatic carbocycles. The van der Waals surface area contributed by atoms with E-state index < -0.39 is 63.9 Å². The summed E-state index contributed by atoms with van der Waals surface area (Å²) in [6.45, 7) is 0. The Labute approximate surface area is 219 Å². The van der Waals surface area contributed by atoms with Gasteiger partial charge in [0.05, 0.1) is 34.1 Å². The minimum atomic E-state index is -4.83. The molecule has 39 heavy (non-hydrogen) atoms. The van der Waals surface area contributed by atoms with Crippen LogP contribution in [-0.4, -0.2) is 33.5 Å². The zero-order valence-electron chi connectivity index (χ0n) is 19.9. The van der Waals surface area contributed by atoms with Crippen molar-refractivity contribution in [1.82, 2.24) is 4.90 Å². The quantitative estimate of drug-likeness (QED) is 0.202. The fourth-order valence-electron chi connectivity index (χ4n) is 5.95. The predicted octanol–water partition coefficient (Wildman–Crippen LogP) is 5.01. The zero-order chi connectivity index (χ0) is 27.6. The summed E-state index contributed by atoms with van der Waals surface area (Å²) in [6, 6.07) is 14.3. The van der Waals surface area contributed by atoms with Crippen LogP contribution < -0.4 is 4.90 Å². The van der Waals surface area contributed by atoms with Crippen molar-refractivity contribution >= 4 is 35.0 Å². The Balaban J connectivity index is 1.51. The number of nitrogens with zero attached hydrogens (tertiary/aromatic N) is 3. The van der Waals surface area contributed by atoms with Gasteiger partial charge in [-0.25, -0.2) is 4.90 Å². The number of hydrogen-bond acceptors (Lipinski definition) is 6. The molecule has 3 aromatic rings. The summed E-state index contributed by atoms with van der Waals surface area (Å²) in [5.41, 5.74) is -0.723. The molecule has 0 radical (unpaired) electrons. The standard InChI is InChI=1S/C28H18F3N3O5/c29-28(30,31)19-10-3-4-11-20(19)33-26(36)21-22(27(33)37)24(25(35)16-7-5-8-17(14-16)34(38)39)32-13-12-15-6-1-2-9-18(15)23(21)32/h1-14,21-24H/t21-,22-,23-,24+/m1/s1. The molecule has 196 valence electrons. The molecule has 8 nitrogen and oxygen atoms in total. The van der Waals surface area contributed by atoms with Crippen LogP contribution in [-0.2, 0) is 15.8 Å². The minimum absolute atomic E-state index is 0.0461. The van der Waals surface area contributed by atoms with Gasteiger partial charge < -0.3 is 4.90 Å². The number of anilines is 1. The Bertz CT molecular complexity index is 1600. The Kier molecular flexibility index (Phi) is 5.42. The lowest BCUT2D eigenvalue weighted by Gasteiger charge is -2.35. The summed E-state index contributed by atoms with van der Waals surface area (Å²) < 4.78 is 41.6. The number of hydrogen-bond donors (Lipinski definition) is 0. The topological polar surface area (TPSA) is 101 Å². The van der Waals surface area contributed by atoms with Gasteiger partial charge in [0.2, 0.25) is 11.8 Å². The van der Waals surface area contributed by atoms with E-state index in [1.165, 1.54) is 24.3 Å². The number of Topliss-reactive ketones (excluding diaryl/α,β-unsaturated/α-hetero) is 1. The summed E-state index contributed by atoms with van der Waals surface area (Å²) in [6.07, 6.45) is -1.51. The lowest BCUT2D eigenvalue weighted by molar-refractivity contribution is -0.384. The van der Waals surface area contributed by atoms with Gasteiger partial charge in [0.25, 0.3) is 5.69 Å². The number of nitro groups is 1. The third kappa shape index (κ3) is 3.64. The van der Waals surface area contributed by atoms with Gasteiger partial charge in [-0.15, -0.1) is 0 Å². The summed E-state index contributed by atoms with van der Waals surface area (Å²) in [5, 5.41) is 11.3. The van der Waals surface area contributed by atoms with Crippen LogP contribution in [0.5, 0.6) is 0 Å². The van der Waals surface area contributed by atoms with E-state index in [0.29, 0.717) is 10.5 Å². The maximum absolute atomic E-state index is 13.9. The molecule has 4 atom stereocenters. The van der Waals surface area contributed by atoms with Crippen LogP contribution in [0.4, 0.5) is 24.5 Å². The van der Waals surface area contributed by atoms with E-state index in [4.69, 9.17) is 0 Å². The number of rotatable bonds is 4. The molecule has 0 aliphatic carbocycles. The van der Waals surface area contributed by atoms with Gasteiger partial charge in [-0.1, -0.05) is 48.5 Å². The molecule has 0 spiro atoms. The molecule has 6 rings (SSSR count). The van der Waals surface area contributed by atoms with Gasteiger partial charge in [0.15, 0.2) is 5.78 Å². The van der Waals surface area contributed by atoms with Gasteiger partial charge >= 0.3 is 6.18 Å². The first kappa shape index (κ1) is 24.5. The first-order chi connectivity index (χ1) is 18.6. The molecule has 0 N–H and O–H groups in total. The smallest absolute Gasteiger partial charge is 0.358 e. The number of ketones is 1. The fourth-order valence-corrected chi connectivity index (χ4v) is 5.95. The number of carbonyl (C=O) groups is 3. The summed E-state index contributed by atoms with van der Waals surface area (Å²) >= 11 is 0. The lowest BCUT2D eigenvalue weighted by Crippen LogP contribution is -2.44. The second-order valence-electron chi connectivity index (χ2n) is 9.53. The highest BCUT2D eigenvalue weighted by Gasteiger charge is 2.65. The van der Waals surface area contributed by atoms with E-state index in [9.17, 15) is 37.7 Å². The molecule has 2 amide bonds. The molecule has 0 unspecified atom stereocenters. The summed E-state index contributed by atoms with van der Waals surface area (Å²) in [7, 11) is 0. The number of amides is 2. The van der Waals surface area contributed by atoms with Crippen molar-refractivity contribution < 1.29 is 32.5 Å². The molecule has 0 aromatic heterocycles. The normalized spacial score (nSPS) is 23.5. The Hall–Kier alpha value is -4.80. The van der Waals surface area contributed by atoms with Crippen molar-refractivity contribution in [3.63, 3.8) is 0 Å². The maximum Gasteiger partial charge on any atom is 0.418 e. The SMILES string of the molecule is O=C(c1cccc([N+](=O)[O-])c1)[C@@H]1[C@@H]2C(=O)N(c3ccccc3C(F)(F)F)C(=O)[C@H]2[C@H]2c3ccccc3C=CN12. The molecular weight excluding hydrogens is 515 g/mol. The number of non-ortho nitro benzene ring substituents is 1. The molecule has 0 saturated carbocycles. The number of carbonyl (C=O) groups excluding carboxylic acids is 3. The molecular formula is C28H18F3N3O5. The van der Waals surface area contributed by atoms with Gasteiger partial charge in [-0.05, 0) is 29.3 Å².